The Bertz CT molecular complexity index is 293. The zero-order valence-corrected chi connectivity index (χ0v) is 9.65. The van der Waals surface area contributed by atoms with Crippen LogP contribution in [-0.2, 0) is 0 Å². The maximum Gasteiger partial charge on any atom is 0.271 e. The van der Waals surface area contributed by atoms with E-state index in [1.807, 2.05) is 13.8 Å². The summed E-state index contributed by atoms with van der Waals surface area (Å²) in [6.45, 7) is 6.16. The molecule has 3 nitrogen and oxygen atoms in total. The Morgan fingerprint density at radius 3 is 2.86 bits per heavy atom. The number of nitrogens with one attached hydrogen (secondary N) is 1. The first-order chi connectivity index (χ1) is 6.55. The molecular formula is C10H16N2OS. The first-order valence-corrected chi connectivity index (χ1v) is 5.70. The lowest BCUT2D eigenvalue weighted by atomic mass is 9.99. The van der Waals surface area contributed by atoms with Gasteiger partial charge in [0.2, 0.25) is 0 Å². The lowest BCUT2D eigenvalue weighted by Crippen LogP contribution is -2.43. The third-order valence-electron chi connectivity index (χ3n) is 1.99. The molecule has 0 spiro atoms. The second-order valence-corrected chi connectivity index (χ2v) is 4.68. The van der Waals surface area contributed by atoms with Crippen LogP contribution in [0.5, 0.6) is 0 Å². The van der Waals surface area contributed by atoms with Crippen LogP contribution in [-0.4, -0.2) is 16.4 Å². The van der Waals surface area contributed by atoms with E-state index in [2.05, 4.69) is 17.2 Å². The minimum atomic E-state index is -0.143. The maximum absolute atomic E-state index is 11.6. The van der Waals surface area contributed by atoms with Crippen LogP contribution in [0.4, 0.5) is 0 Å². The van der Waals surface area contributed by atoms with E-state index >= 15 is 0 Å². The first-order valence-electron chi connectivity index (χ1n) is 4.76. The van der Waals surface area contributed by atoms with Gasteiger partial charge in [-0.2, -0.15) is 0 Å². The first kappa shape index (κ1) is 11.2. The van der Waals surface area contributed by atoms with Gasteiger partial charge < -0.3 is 5.32 Å². The molecule has 0 aromatic carbocycles. The van der Waals surface area contributed by atoms with Crippen molar-refractivity contribution in [3.05, 3.63) is 16.6 Å². The monoisotopic (exact) mass is 212 g/mol. The molecular weight excluding hydrogens is 196 g/mol. The lowest BCUT2D eigenvalue weighted by molar-refractivity contribution is 0.0904. The van der Waals surface area contributed by atoms with Crippen LogP contribution in [0.1, 0.15) is 44.1 Å². The van der Waals surface area contributed by atoms with Crippen molar-refractivity contribution in [2.24, 2.45) is 0 Å². The lowest BCUT2D eigenvalue weighted by Gasteiger charge is -2.25. The van der Waals surface area contributed by atoms with E-state index in [9.17, 15) is 4.79 Å². The van der Waals surface area contributed by atoms with Gasteiger partial charge in [0.15, 0.2) is 0 Å². The number of amides is 1. The van der Waals surface area contributed by atoms with E-state index in [1.165, 1.54) is 11.3 Å². The molecule has 1 aromatic heterocycles. The number of hydrogen-bond acceptors (Lipinski definition) is 3. The molecule has 0 bridgehead atoms. The number of hydrogen-bond donors (Lipinski definition) is 1. The molecule has 0 atom stereocenters. The van der Waals surface area contributed by atoms with Gasteiger partial charge in [0.05, 0.1) is 5.51 Å². The number of carbonyl (C=O) groups is 1. The molecule has 0 saturated carbocycles. The van der Waals surface area contributed by atoms with Crippen LogP contribution in [0, 0.1) is 0 Å². The predicted octanol–water partition coefficient (Wildman–Crippen LogP) is 2.45. The minimum absolute atomic E-state index is 0.0790. The average Bonchev–Trinajstić information content (AvgIpc) is 2.53. The van der Waals surface area contributed by atoms with Crippen molar-refractivity contribution in [2.75, 3.05) is 0 Å². The maximum atomic E-state index is 11.6. The fourth-order valence-electron chi connectivity index (χ4n) is 1.38. The van der Waals surface area contributed by atoms with Crippen molar-refractivity contribution in [3.8, 4) is 0 Å². The smallest absolute Gasteiger partial charge is 0.271 e. The second kappa shape index (κ2) is 4.55. The van der Waals surface area contributed by atoms with Gasteiger partial charge in [-0.25, -0.2) is 4.98 Å². The van der Waals surface area contributed by atoms with E-state index < -0.39 is 0 Å². The molecule has 0 unspecified atom stereocenters. The Hall–Kier alpha value is -0.900. The Kier molecular flexibility index (Phi) is 3.63. The van der Waals surface area contributed by atoms with Gasteiger partial charge in [-0.15, -0.1) is 11.3 Å². The van der Waals surface area contributed by atoms with E-state index in [4.69, 9.17) is 0 Å². The number of aromatic nitrogens is 1. The van der Waals surface area contributed by atoms with Crippen LogP contribution in [0.3, 0.4) is 0 Å². The normalized spacial score (nSPS) is 11.4. The molecule has 1 aromatic rings. The third kappa shape index (κ3) is 3.10. The van der Waals surface area contributed by atoms with Crippen LogP contribution < -0.4 is 5.32 Å². The molecule has 0 aliphatic heterocycles. The number of carbonyl (C=O) groups excluding carboxylic acids is 1. The molecule has 1 heterocycles. The van der Waals surface area contributed by atoms with Gasteiger partial charge in [0.1, 0.15) is 5.69 Å². The molecule has 1 amide bonds. The van der Waals surface area contributed by atoms with Crippen molar-refractivity contribution in [3.63, 3.8) is 0 Å². The molecule has 14 heavy (non-hydrogen) atoms. The summed E-state index contributed by atoms with van der Waals surface area (Å²) < 4.78 is 0. The van der Waals surface area contributed by atoms with Crippen molar-refractivity contribution >= 4 is 17.2 Å². The number of rotatable bonds is 4. The summed E-state index contributed by atoms with van der Waals surface area (Å²) >= 11 is 1.44. The van der Waals surface area contributed by atoms with Gasteiger partial charge >= 0.3 is 0 Å². The standard InChI is InChI=1S/C10H16N2OS/c1-4-5-10(2,3)12-9(13)8-6-14-7-11-8/h6-7H,4-5H2,1-3H3,(H,12,13). The Morgan fingerprint density at radius 2 is 2.36 bits per heavy atom. The van der Waals surface area contributed by atoms with Crippen molar-refractivity contribution < 1.29 is 4.79 Å². The summed E-state index contributed by atoms with van der Waals surface area (Å²) in [5.41, 5.74) is 2.04. The van der Waals surface area contributed by atoms with Gasteiger partial charge in [-0.05, 0) is 20.3 Å². The minimum Gasteiger partial charge on any atom is -0.346 e. The zero-order valence-electron chi connectivity index (χ0n) is 8.83. The van der Waals surface area contributed by atoms with Gasteiger partial charge in [0, 0.05) is 10.9 Å². The van der Waals surface area contributed by atoms with Gasteiger partial charge in [-0.3, -0.25) is 4.79 Å². The molecule has 1 N–H and O–H groups in total. The highest BCUT2D eigenvalue weighted by Gasteiger charge is 2.20. The zero-order chi connectivity index (χ0) is 10.6. The largest absolute Gasteiger partial charge is 0.346 e. The summed E-state index contributed by atoms with van der Waals surface area (Å²) in [6.07, 6.45) is 2.03. The summed E-state index contributed by atoms with van der Waals surface area (Å²) in [4.78, 5) is 15.6. The van der Waals surface area contributed by atoms with Crippen LogP contribution in [0.2, 0.25) is 0 Å². The highest BCUT2D eigenvalue weighted by Crippen LogP contribution is 2.12. The number of thiazole rings is 1. The topological polar surface area (TPSA) is 42.0 Å². The molecule has 4 heteroatoms. The summed E-state index contributed by atoms with van der Waals surface area (Å²) in [7, 11) is 0. The Morgan fingerprint density at radius 1 is 1.64 bits per heavy atom. The second-order valence-electron chi connectivity index (χ2n) is 3.96. The molecule has 0 fully saturated rings. The third-order valence-corrected chi connectivity index (χ3v) is 2.58. The van der Waals surface area contributed by atoms with Crippen molar-refractivity contribution in [1.82, 2.24) is 10.3 Å². The Labute approximate surface area is 88.6 Å². The van der Waals surface area contributed by atoms with Crippen LogP contribution >= 0.6 is 11.3 Å². The average molecular weight is 212 g/mol. The van der Waals surface area contributed by atoms with Crippen molar-refractivity contribution in [1.29, 1.82) is 0 Å². The van der Waals surface area contributed by atoms with E-state index in [1.54, 1.807) is 10.9 Å². The fraction of sp³-hybridized carbons (Fsp3) is 0.600. The molecule has 0 aliphatic carbocycles. The SMILES string of the molecule is CCCC(C)(C)NC(=O)c1cscn1. The highest BCUT2D eigenvalue weighted by molar-refractivity contribution is 7.07. The summed E-state index contributed by atoms with van der Waals surface area (Å²) in [5.74, 6) is -0.0790. The molecule has 0 radical (unpaired) electrons. The van der Waals surface area contributed by atoms with E-state index in [-0.39, 0.29) is 11.4 Å². The van der Waals surface area contributed by atoms with E-state index in [0.29, 0.717) is 5.69 Å². The van der Waals surface area contributed by atoms with Crippen LogP contribution in [0.15, 0.2) is 10.9 Å². The molecule has 0 aliphatic rings. The van der Waals surface area contributed by atoms with Gasteiger partial charge in [-0.1, -0.05) is 13.3 Å². The van der Waals surface area contributed by atoms with E-state index in [0.717, 1.165) is 12.8 Å². The number of nitrogens with zero attached hydrogens (tertiary/aromatic N) is 1. The molecule has 78 valence electrons. The highest BCUT2D eigenvalue weighted by atomic mass is 32.1. The van der Waals surface area contributed by atoms with Crippen LogP contribution in [0.25, 0.3) is 0 Å². The summed E-state index contributed by atoms with van der Waals surface area (Å²) in [5, 5.41) is 4.73. The predicted molar refractivity (Wildman–Crippen MR) is 58.6 cm³/mol. The fourth-order valence-corrected chi connectivity index (χ4v) is 1.92. The molecule has 0 saturated heterocycles. The van der Waals surface area contributed by atoms with Gasteiger partial charge in [0.25, 0.3) is 5.91 Å². The Balaban J connectivity index is 2.57. The quantitative estimate of drug-likeness (QED) is 0.833. The van der Waals surface area contributed by atoms with Crippen molar-refractivity contribution in [2.45, 2.75) is 39.2 Å². The molecule has 1 rings (SSSR count). The summed E-state index contributed by atoms with van der Waals surface area (Å²) in [6, 6.07) is 0.